The van der Waals surface area contributed by atoms with Gasteiger partial charge >= 0.3 is 5.97 Å². The average Bonchev–Trinajstić information content (AvgIpc) is 2.38. The Kier molecular flexibility index (Phi) is 4.03. The third kappa shape index (κ3) is 2.92. The fourth-order valence-corrected chi connectivity index (χ4v) is 2.24. The van der Waals surface area contributed by atoms with Crippen molar-refractivity contribution in [3.05, 3.63) is 41.0 Å². The Balaban J connectivity index is 2.15. The molecule has 96 valence electrons. The predicted molar refractivity (Wildman–Crippen MR) is 69.7 cm³/mol. The van der Waals surface area contributed by atoms with E-state index in [0.29, 0.717) is 6.61 Å². The molecule has 3 heteroatoms. The fourth-order valence-electron chi connectivity index (χ4n) is 2.24. The third-order valence-electron chi connectivity index (χ3n) is 3.15. The molecule has 0 aliphatic heterocycles. The van der Waals surface area contributed by atoms with Crippen LogP contribution in [0.15, 0.2) is 29.8 Å². The average molecular weight is 246 g/mol. The molecular formula is C15H18O3. The van der Waals surface area contributed by atoms with E-state index >= 15 is 0 Å². The molecule has 0 unspecified atom stereocenters. The summed E-state index contributed by atoms with van der Waals surface area (Å²) in [7, 11) is 1.67. The van der Waals surface area contributed by atoms with Crippen molar-refractivity contribution in [3.63, 3.8) is 0 Å². The van der Waals surface area contributed by atoms with Crippen LogP contribution in [0.5, 0.6) is 5.75 Å². The summed E-state index contributed by atoms with van der Waals surface area (Å²) >= 11 is 0. The molecule has 0 heterocycles. The van der Waals surface area contributed by atoms with Crippen LogP contribution < -0.4 is 4.74 Å². The maximum atomic E-state index is 11.4. The first-order valence-corrected chi connectivity index (χ1v) is 6.25. The summed E-state index contributed by atoms with van der Waals surface area (Å²) in [6.07, 6.45) is 4.35. The molecule has 0 atom stereocenters. The summed E-state index contributed by atoms with van der Waals surface area (Å²) in [5.74, 6) is 0.630. The lowest BCUT2D eigenvalue weighted by molar-refractivity contribution is -0.137. The van der Waals surface area contributed by atoms with Crippen molar-refractivity contribution in [1.29, 1.82) is 0 Å². The normalized spacial score (nSPS) is 16.2. The highest BCUT2D eigenvalue weighted by Gasteiger charge is 2.14. The molecule has 0 saturated heterocycles. The lowest BCUT2D eigenvalue weighted by atomic mass is 9.88. The standard InChI is InChI=1S/C15H18O3/c1-3-18-15(16)9-11-4-5-12-6-7-14(17-2)10-13(12)8-11/h6-7,9-10H,3-5,8H2,1-2H3/b11-9+. The molecule has 2 rings (SSSR count). The number of methoxy groups -OCH3 is 1. The number of fused-ring (bicyclic) bond motifs is 1. The summed E-state index contributed by atoms with van der Waals surface area (Å²) in [5, 5.41) is 0. The number of rotatable bonds is 3. The molecule has 0 aromatic heterocycles. The first kappa shape index (κ1) is 12.7. The van der Waals surface area contributed by atoms with Crippen LogP contribution in [0.1, 0.15) is 24.5 Å². The minimum Gasteiger partial charge on any atom is -0.497 e. The van der Waals surface area contributed by atoms with Gasteiger partial charge in [0, 0.05) is 6.08 Å². The Morgan fingerprint density at radius 2 is 2.17 bits per heavy atom. The smallest absolute Gasteiger partial charge is 0.330 e. The Labute approximate surface area is 107 Å². The van der Waals surface area contributed by atoms with Crippen LogP contribution in [-0.2, 0) is 22.4 Å². The van der Waals surface area contributed by atoms with Crippen molar-refractivity contribution < 1.29 is 14.3 Å². The first-order valence-electron chi connectivity index (χ1n) is 6.25. The molecular weight excluding hydrogens is 228 g/mol. The number of esters is 1. The molecule has 0 bridgehead atoms. The van der Waals surface area contributed by atoms with Crippen LogP contribution in [0, 0.1) is 0 Å². The van der Waals surface area contributed by atoms with E-state index in [0.717, 1.165) is 30.6 Å². The van der Waals surface area contributed by atoms with Crippen LogP contribution in [0.2, 0.25) is 0 Å². The van der Waals surface area contributed by atoms with Crippen LogP contribution in [0.25, 0.3) is 0 Å². The van der Waals surface area contributed by atoms with Gasteiger partial charge in [-0.1, -0.05) is 11.6 Å². The predicted octanol–water partition coefficient (Wildman–Crippen LogP) is 2.67. The van der Waals surface area contributed by atoms with E-state index in [4.69, 9.17) is 9.47 Å². The fraction of sp³-hybridized carbons (Fsp3) is 0.400. The van der Waals surface area contributed by atoms with E-state index in [1.807, 2.05) is 19.1 Å². The number of carbonyl (C=O) groups is 1. The van der Waals surface area contributed by atoms with Gasteiger partial charge in [0.1, 0.15) is 5.75 Å². The summed E-state index contributed by atoms with van der Waals surface area (Å²) in [6.45, 7) is 2.24. The molecule has 0 radical (unpaired) electrons. The van der Waals surface area contributed by atoms with E-state index in [2.05, 4.69) is 6.07 Å². The Hall–Kier alpha value is -1.77. The number of benzene rings is 1. The molecule has 1 aliphatic carbocycles. The lowest BCUT2D eigenvalue weighted by Gasteiger charge is -2.19. The topological polar surface area (TPSA) is 35.5 Å². The number of allylic oxidation sites excluding steroid dienone is 1. The second kappa shape index (κ2) is 5.71. The highest BCUT2D eigenvalue weighted by atomic mass is 16.5. The maximum Gasteiger partial charge on any atom is 0.330 e. The Morgan fingerprint density at radius 1 is 1.33 bits per heavy atom. The van der Waals surface area contributed by atoms with Gasteiger partial charge in [-0.15, -0.1) is 0 Å². The first-order chi connectivity index (χ1) is 8.72. The van der Waals surface area contributed by atoms with Gasteiger partial charge in [-0.3, -0.25) is 0 Å². The van der Waals surface area contributed by atoms with Crippen LogP contribution in [0.4, 0.5) is 0 Å². The molecule has 3 nitrogen and oxygen atoms in total. The quantitative estimate of drug-likeness (QED) is 0.607. The zero-order chi connectivity index (χ0) is 13.0. The molecule has 1 aromatic rings. The summed E-state index contributed by atoms with van der Waals surface area (Å²) < 4.78 is 10.2. The van der Waals surface area contributed by atoms with Crippen molar-refractivity contribution in [3.8, 4) is 5.75 Å². The zero-order valence-corrected chi connectivity index (χ0v) is 10.9. The van der Waals surface area contributed by atoms with Gasteiger partial charge in [0.15, 0.2) is 0 Å². The molecule has 0 amide bonds. The van der Waals surface area contributed by atoms with Gasteiger partial charge in [-0.25, -0.2) is 4.79 Å². The van der Waals surface area contributed by atoms with Crippen molar-refractivity contribution in [2.24, 2.45) is 0 Å². The van der Waals surface area contributed by atoms with Crippen molar-refractivity contribution in [1.82, 2.24) is 0 Å². The van der Waals surface area contributed by atoms with Gasteiger partial charge in [-0.2, -0.15) is 0 Å². The number of aryl methyl sites for hydroxylation is 1. The molecule has 1 aromatic carbocycles. The Morgan fingerprint density at radius 3 is 2.89 bits per heavy atom. The SMILES string of the molecule is CCOC(=O)/C=C1\CCc2ccc(OC)cc2C1. The van der Waals surface area contributed by atoms with Crippen LogP contribution in [-0.4, -0.2) is 19.7 Å². The number of hydrogen-bond acceptors (Lipinski definition) is 3. The second-order valence-corrected chi connectivity index (χ2v) is 4.37. The number of hydrogen-bond donors (Lipinski definition) is 0. The van der Waals surface area contributed by atoms with Crippen molar-refractivity contribution in [2.75, 3.05) is 13.7 Å². The van der Waals surface area contributed by atoms with Crippen molar-refractivity contribution in [2.45, 2.75) is 26.2 Å². The van der Waals surface area contributed by atoms with E-state index in [-0.39, 0.29) is 5.97 Å². The molecule has 1 aliphatic rings. The minimum atomic E-state index is -0.237. The molecule has 18 heavy (non-hydrogen) atoms. The molecule has 0 N–H and O–H groups in total. The van der Waals surface area contributed by atoms with Gasteiger partial charge in [0.2, 0.25) is 0 Å². The third-order valence-corrected chi connectivity index (χ3v) is 3.15. The summed E-state index contributed by atoms with van der Waals surface area (Å²) in [5.41, 5.74) is 3.72. The van der Waals surface area contributed by atoms with E-state index in [1.165, 1.54) is 11.1 Å². The maximum absolute atomic E-state index is 11.4. The minimum absolute atomic E-state index is 0.237. The van der Waals surface area contributed by atoms with Gasteiger partial charge in [0.25, 0.3) is 0 Å². The van der Waals surface area contributed by atoms with E-state index < -0.39 is 0 Å². The largest absolute Gasteiger partial charge is 0.497 e. The lowest BCUT2D eigenvalue weighted by Crippen LogP contribution is -2.09. The highest BCUT2D eigenvalue weighted by Crippen LogP contribution is 2.28. The molecule has 0 fully saturated rings. The van der Waals surface area contributed by atoms with E-state index in [1.54, 1.807) is 13.2 Å². The van der Waals surface area contributed by atoms with Crippen LogP contribution >= 0.6 is 0 Å². The highest BCUT2D eigenvalue weighted by molar-refractivity contribution is 5.83. The molecule has 0 saturated carbocycles. The van der Waals surface area contributed by atoms with Gasteiger partial charge in [-0.05, 0) is 49.4 Å². The van der Waals surface area contributed by atoms with Gasteiger partial charge < -0.3 is 9.47 Å². The summed E-state index contributed by atoms with van der Waals surface area (Å²) in [6, 6.07) is 6.14. The monoisotopic (exact) mass is 246 g/mol. The van der Waals surface area contributed by atoms with Gasteiger partial charge in [0.05, 0.1) is 13.7 Å². The van der Waals surface area contributed by atoms with E-state index in [9.17, 15) is 4.79 Å². The van der Waals surface area contributed by atoms with Crippen LogP contribution in [0.3, 0.4) is 0 Å². The van der Waals surface area contributed by atoms with Crippen molar-refractivity contribution >= 4 is 5.97 Å². The molecule has 0 spiro atoms. The summed E-state index contributed by atoms with van der Waals surface area (Å²) in [4.78, 5) is 11.4. The second-order valence-electron chi connectivity index (χ2n) is 4.37. The Bertz CT molecular complexity index is 475. The zero-order valence-electron chi connectivity index (χ0n) is 10.9. The number of carbonyl (C=O) groups excluding carboxylic acids is 1. The number of ether oxygens (including phenoxy) is 2.